The summed E-state index contributed by atoms with van der Waals surface area (Å²) >= 11 is 7.84. The van der Waals surface area contributed by atoms with Crippen molar-refractivity contribution in [3.05, 3.63) is 110 Å². The van der Waals surface area contributed by atoms with Crippen LogP contribution in [0.5, 0.6) is 11.5 Å². The minimum atomic E-state index is -1.27. The zero-order chi connectivity index (χ0) is 35.8. The molecule has 0 aliphatic carbocycles. The number of thiazole rings is 1. The monoisotopic (exact) mass is 735 g/mol. The van der Waals surface area contributed by atoms with E-state index in [1.165, 1.54) is 61.2 Å². The number of nitrogens with zero attached hydrogens (tertiary/aromatic N) is 6. The average molecular weight is 736 g/mol. The zero-order valence-electron chi connectivity index (χ0n) is 26.8. The molecule has 2 amide bonds. The number of hydrogen-bond donors (Lipinski definition) is 2. The van der Waals surface area contributed by atoms with Crippen LogP contribution < -0.4 is 15.0 Å². The number of amidine groups is 1. The smallest absolute Gasteiger partial charge is 0.338 e. The average Bonchev–Trinajstić information content (AvgIpc) is 3.77. The summed E-state index contributed by atoms with van der Waals surface area (Å²) in [6.07, 6.45) is 4.51. The number of benzene rings is 2. The largest absolute Gasteiger partial charge is 0.478 e. The Kier molecular flexibility index (Phi) is 9.37. The molecule has 5 heterocycles. The molecule has 4 aromatic rings. The second kappa shape index (κ2) is 14.0. The van der Waals surface area contributed by atoms with Gasteiger partial charge in [0.25, 0.3) is 0 Å². The van der Waals surface area contributed by atoms with Crippen molar-refractivity contribution < 1.29 is 37.7 Å². The highest BCUT2D eigenvalue weighted by atomic mass is 35.5. The lowest BCUT2D eigenvalue weighted by molar-refractivity contribution is -0.136. The molecule has 7 rings (SSSR count). The van der Waals surface area contributed by atoms with Crippen LogP contribution in [0, 0.1) is 11.6 Å². The standard InChI is InChI=1S/C34H28ClF2N7O6S/c1-49-33(47)28-26(40-30(31-39-6-9-51-31)41-29(28)23-4-3-19(36)11-24(23)35)17-42-7-8-43-21(15-42)16-44(34(43)48)20-12-22(14-38-13-20)50-27-5-2-18(32(45)46)10-25(27)37/h2-6,9-14,21,29H,7-8,15-17H2,1H3,(H,40,41)(H,45,46). The summed E-state index contributed by atoms with van der Waals surface area (Å²) in [6, 6.07) is 7.42. The van der Waals surface area contributed by atoms with E-state index in [1.54, 1.807) is 27.4 Å². The Balaban J connectivity index is 1.11. The minimum Gasteiger partial charge on any atom is -0.478 e. The van der Waals surface area contributed by atoms with Crippen molar-refractivity contribution >= 4 is 52.4 Å². The van der Waals surface area contributed by atoms with Crippen LogP contribution in [0.1, 0.15) is 27.0 Å². The predicted octanol–water partition coefficient (Wildman–Crippen LogP) is 5.10. The third kappa shape index (κ3) is 6.85. The van der Waals surface area contributed by atoms with Gasteiger partial charge in [0.2, 0.25) is 0 Å². The number of amides is 2. The lowest BCUT2D eigenvalue weighted by Gasteiger charge is -2.38. The van der Waals surface area contributed by atoms with Crippen LogP contribution in [0.3, 0.4) is 0 Å². The Labute approximate surface area is 298 Å². The van der Waals surface area contributed by atoms with Gasteiger partial charge in [-0.3, -0.25) is 19.8 Å². The normalized spacial score (nSPS) is 19.1. The number of rotatable bonds is 9. The Morgan fingerprint density at radius 1 is 1.12 bits per heavy atom. The Hall–Kier alpha value is -5.45. The molecule has 2 fully saturated rings. The fourth-order valence-corrected chi connectivity index (χ4v) is 7.14. The van der Waals surface area contributed by atoms with E-state index < -0.39 is 29.6 Å². The maximum Gasteiger partial charge on any atom is 0.338 e. The summed E-state index contributed by atoms with van der Waals surface area (Å²) < 4.78 is 39.4. The molecule has 13 nitrogen and oxygen atoms in total. The summed E-state index contributed by atoms with van der Waals surface area (Å²) in [5, 5.41) is 14.9. The molecule has 2 aromatic carbocycles. The maximum atomic E-state index is 14.5. The molecule has 2 atom stereocenters. The maximum absolute atomic E-state index is 14.5. The predicted molar refractivity (Wildman–Crippen MR) is 182 cm³/mol. The van der Waals surface area contributed by atoms with E-state index in [1.807, 2.05) is 0 Å². The van der Waals surface area contributed by atoms with Crippen LogP contribution in [0.2, 0.25) is 5.02 Å². The molecule has 2 saturated heterocycles. The first kappa shape index (κ1) is 34.0. The molecule has 2 unspecified atom stereocenters. The number of urea groups is 1. The molecule has 51 heavy (non-hydrogen) atoms. The van der Waals surface area contributed by atoms with Gasteiger partial charge in [0.05, 0.1) is 42.4 Å². The molecule has 0 radical (unpaired) electrons. The number of halogens is 3. The number of carboxylic acids is 1. The van der Waals surface area contributed by atoms with E-state index in [9.17, 15) is 23.2 Å². The quantitative estimate of drug-likeness (QED) is 0.222. The van der Waals surface area contributed by atoms with Crippen LogP contribution in [-0.2, 0) is 9.53 Å². The van der Waals surface area contributed by atoms with Gasteiger partial charge >= 0.3 is 18.0 Å². The van der Waals surface area contributed by atoms with Crippen LogP contribution in [-0.4, -0.2) is 94.6 Å². The number of hydrogen-bond acceptors (Lipinski definition) is 11. The fraction of sp³-hybridized carbons (Fsp3) is 0.235. The van der Waals surface area contributed by atoms with Crippen LogP contribution in [0.15, 0.2) is 82.7 Å². The highest BCUT2D eigenvalue weighted by Crippen LogP contribution is 2.37. The van der Waals surface area contributed by atoms with Crippen molar-refractivity contribution in [1.82, 2.24) is 25.1 Å². The SMILES string of the molecule is COC(=O)C1=C(CN2CCN3C(=O)N(c4cncc(Oc5ccc(C(=O)O)cc5F)c4)CC3C2)NC(c2nccs2)=NC1c1ccc(F)cc1Cl. The van der Waals surface area contributed by atoms with Crippen molar-refractivity contribution in [2.45, 2.75) is 12.1 Å². The third-order valence-corrected chi connectivity index (χ3v) is 9.77. The summed E-state index contributed by atoms with van der Waals surface area (Å²) in [6.45, 7) is 1.91. The number of nitrogens with one attached hydrogen (secondary N) is 1. The number of anilines is 1. The van der Waals surface area contributed by atoms with E-state index in [4.69, 9.17) is 31.2 Å². The molecule has 17 heteroatoms. The molecule has 0 saturated carbocycles. The minimum absolute atomic E-state index is 0.105. The molecule has 3 aliphatic heterocycles. The lowest BCUT2D eigenvalue weighted by atomic mass is 9.95. The van der Waals surface area contributed by atoms with Gasteiger partial charge in [-0.2, -0.15) is 0 Å². The Morgan fingerprint density at radius 3 is 2.69 bits per heavy atom. The first-order valence-electron chi connectivity index (χ1n) is 15.6. The number of esters is 1. The summed E-state index contributed by atoms with van der Waals surface area (Å²) in [5.41, 5.74) is 1.37. The second-order valence-electron chi connectivity index (χ2n) is 11.8. The molecule has 2 N–H and O–H groups in total. The highest BCUT2D eigenvalue weighted by Gasteiger charge is 2.42. The lowest BCUT2D eigenvalue weighted by Crippen LogP contribution is -2.53. The molecule has 0 bridgehead atoms. The zero-order valence-corrected chi connectivity index (χ0v) is 28.3. The van der Waals surface area contributed by atoms with Gasteiger partial charge in [-0.1, -0.05) is 17.7 Å². The van der Waals surface area contributed by atoms with Crippen molar-refractivity contribution in [2.75, 3.05) is 44.7 Å². The number of methoxy groups -OCH3 is 1. The van der Waals surface area contributed by atoms with E-state index in [-0.39, 0.29) is 46.3 Å². The van der Waals surface area contributed by atoms with Crippen molar-refractivity contribution in [3.8, 4) is 11.5 Å². The van der Waals surface area contributed by atoms with Gasteiger partial charge in [0.1, 0.15) is 17.6 Å². The number of aliphatic imine (C=N–C) groups is 1. The number of aromatic nitrogens is 2. The van der Waals surface area contributed by atoms with E-state index >= 15 is 0 Å². The summed E-state index contributed by atoms with van der Waals surface area (Å²) in [7, 11) is 1.27. The number of carbonyl (C=O) groups excluding carboxylic acids is 2. The molecular weight excluding hydrogens is 708 g/mol. The Morgan fingerprint density at radius 2 is 1.96 bits per heavy atom. The van der Waals surface area contributed by atoms with Crippen LogP contribution in [0.4, 0.5) is 19.3 Å². The van der Waals surface area contributed by atoms with Gasteiger partial charge in [-0.25, -0.2) is 28.1 Å². The molecular formula is C34H28ClF2N7O6S. The van der Waals surface area contributed by atoms with Gasteiger partial charge < -0.3 is 24.8 Å². The molecule has 2 aromatic heterocycles. The van der Waals surface area contributed by atoms with Gasteiger partial charge in [0.15, 0.2) is 22.4 Å². The molecule has 3 aliphatic rings. The number of pyridine rings is 1. The van der Waals surface area contributed by atoms with Crippen molar-refractivity contribution in [3.63, 3.8) is 0 Å². The van der Waals surface area contributed by atoms with Crippen LogP contribution >= 0.6 is 22.9 Å². The van der Waals surface area contributed by atoms with E-state index in [0.29, 0.717) is 54.0 Å². The van der Waals surface area contributed by atoms with Gasteiger partial charge in [-0.15, -0.1) is 11.3 Å². The third-order valence-electron chi connectivity index (χ3n) is 8.66. The number of carbonyl (C=O) groups is 3. The first-order valence-corrected chi connectivity index (χ1v) is 16.8. The van der Waals surface area contributed by atoms with E-state index in [2.05, 4.69) is 20.2 Å². The summed E-state index contributed by atoms with van der Waals surface area (Å²) in [4.78, 5) is 56.9. The number of fused-ring (bicyclic) bond motifs is 1. The Bertz CT molecular complexity index is 2100. The number of aromatic carboxylic acids is 1. The second-order valence-corrected chi connectivity index (χ2v) is 13.1. The van der Waals surface area contributed by atoms with Crippen molar-refractivity contribution in [2.24, 2.45) is 4.99 Å². The number of ether oxygens (including phenoxy) is 2. The molecule has 0 spiro atoms. The highest BCUT2D eigenvalue weighted by molar-refractivity contribution is 7.11. The van der Waals surface area contributed by atoms with Crippen LogP contribution in [0.25, 0.3) is 0 Å². The van der Waals surface area contributed by atoms with Gasteiger partial charge in [0, 0.05) is 66.7 Å². The number of carboxylic acid groups (broad SMARTS) is 1. The number of piperazine rings is 1. The molecule has 262 valence electrons. The van der Waals surface area contributed by atoms with Crippen molar-refractivity contribution in [1.29, 1.82) is 0 Å². The first-order chi connectivity index (χ1) is 24.6. The summed E-state index contributed by atoms with van der Waals surface area (Å²) in [5.74, 6) is -2.89. The fourth-order valence-electron chi connectivity index (χ4n) is 6.28. The topological polar surface area (TPSA) is 150 Å². The van der Waals surface area contributed by atoms with Gasteiger partial charge in [-0.05, 0) is 30.3 Å². The van der Waals surface area contributed by atoms with E-state index in [0.717, 1.165) is 6.07 Å².